The Morgan fingerprint density at radius 3 is 2.50 bits per heavy atom. The van der Waals surface area contributed by atoms with E-state index in [4.69, 9.17) is 5.14 Å². The molecule has 0 radical (unpaired) electrons. The number of hydrogen-bond acceptors (Lipinski definition) is 6. The minimum Gasteiger partial charge on any atom is -0.325 e. The summed E-state index contributed by atoms with van der Waals surface area (Å²) in [5.41, 5.74) is 0.826. The number of carbonyl (C=O) groups excluding carboxylic acids is 1. The Hall–Kier alpha value is -2.76. The molecule has 4 rings (SSSR count). The average molecular weight is 448 g/mol. The number of anilines is 1. The first-order valence-electron chi connectivity index (χ1n) is 9.08. The van der Waals surface area contributed by atoms with Gasteiger partial charge in [-0.05, 0) is 49.2 Å². The van der Waals surface area contributed by atoms with E-state index in [9.17, 15) is 17.6 Å². The van der Waals surface area contributed by atoms with Gasteiger partial charge in [0.25, 0.3) is 0 Å². The van der Waals surface area contributed by atoms with Gasteiger partial charge in [-0.25, -0.2) is 17.9 Å². The molecule has 8 nitrogen and oxygen atoms in total. The first kappa shape index (κ1) is 20.5. The van der Waals surface area contributed by atoms with Crippen LogP contribution in [0.3, 0.4) is 0 Å². The largest absolute Gasteiger partial charge is 0.325 e. The van der Waals surface area contributed by atoms with Gasteiger partial charge in [-0.3, -0.25) is 9.36 Å². The van der Waals surface area contributed by atoms with Crippen molar-refractivity contribution in [2.24, 2.45) is 5.14 Å². The summed E-state index contributed by atoms with van der Waals surface area (Å²) < 4.78 is 38.7. The zero-order valence-corrected chi connectivity index (χ0v) is 17.3. The normalized spacial score (nSPS) is 13.9. The zero-order valence-electron chi connectivity index (χ0n) is 15.7. The molecule has 0 aliphatic heterocycles. The maximum Gasteiger partial charge on any atom is 0.238 e. The minimum atomic E-state index is -3.79. The third kappa shape index (κ3) is 4.53. The van der Waals surface area contributed by atoms with Crippen LogP contribution in [-0.2, 0) is 14.8 Å². The molecule has 1 fully saturated rings. The zero-order chi connectivity index (χ0) is 21.3. The monoisotopic (exact) mass is 447 g/mol. The highest BCUT2D eigenvalue weighted by Gasteiger charge is 2.31. The molecule has 3 N–H and O–H groups in total. The Morgan fingerprint density at radius 1 is 1.17 bits per heavy atom. The van der Waals surface area contributed by atoms with E-state index in [1.54, 1.807) is 18.2 Å². The molecule has 0 saturated heterocycles. The molecule has 0 unspecified atom stereocenters. The molecule has 1 aliphatic carbocycles. The van der Waals surface area contributed by atoms with Gasteiger partial charge in [-0.15, -0.1) is 10.2 Å². The number of primary sulfonamides is 1. The van der Waals surface area contributed by atoms with Crippen LogP contribution in [0.15, 0.2) is 58.6 Å². The highest BCUT2D eigenvalue weighted by Crippen LogP contribution is 2.41. The Morgan fingerprint density at radius 2 is 1.87 bits per heavy atom. The predicted molar refractivity (Wildman–Crippen MR) is 111 cm³/mol. The number of nitrogens with one attached hydrogen (secondary N) is 1. The van der Waals surface area contributed by atoms with E-state index in [1.807, 2.05) is 4.57 Å². The fourth-order valence-electron chi connectivity index (χ4n) is 2.92. The van der Waals surface area contributed by atoms with E-state index >= 15 is 0 Å². The molecule has 11 heteroatoms. The van der Waals surface area contributed by atoms with E-state index in [0.717, 1.165) is 12.8 Å². The van der Waals surface area contributed by atoms with Gasteiger partial charge in [0.15, 0.2) is 11.0 Å². The van der Waals surface area contributed by atoms with Crippen molar-refractivity contribution < 1.29 is 17.6 Å². The molecule has 1 aliphatic rings. The smallest absolute Gasteiger partial charge is 0.238 e. The molecule has 0 atom stereocenters. The summed E-state index contributed by atoms with van der Waals surface area (Å²) in [6.45, 7) is 0. The van der Waals surface area contributed by atoms with Crippen LogP contribution >= 0.6 is 11.8 Å². The maximum absolute atomic E-state index is 14.2. The SMILES string of the molecule is NS(=O)(=O)c1ccc(NC(=O)CSc2nnc(-c3ccccc3F)n2C2CC2)cc1. The lowest BCUT2D eigenvalue weighted by Gasteiger charge is -2.09. The second-order valence-corrected chi connectivity index (χ2v) is 9.30. The number of sulfonamides is 1. The minimum absolute atomic E-state index is 0.0342. The van der Waals surface area contributed by atoms with Crippen molar-refractivity contribution in [3.63, 3.8) is 0 Å². The first-order chi connectivity index (χ1) is 14.3. The molecule has 30 heavy (non-hydrogen) atoms. The number of amides is 1. The van der Waals surface area contributed by atoms with E-state index < -0.39 is 10.0 Å². The van der Waals surface area contributed by atoms with Gasteiger partial charge in [0.1, 0.15) is 5.82 Å². The molecule has 156 valence electrons. The van der Waals surface area contributed by atoms with Crippen LogP contribution in [0.5, 0.6) is 0 Å². The summed E-state index contributed by atoms with van der Waals surface area (Å²) in [5.74, 6) is -0.138. The Kier molecular flexibility index (Phi) is 5.58. The molecule has 1 aromatic heterocycles. The first-order valence-corrected chi connectivity index (χ1v) is 11.6. The van der Waals surface area contributed by atoms with Crippen LogP contribution in [0.1, 0.15) is 18.9 Å². The van der Waals surface area contributed by atoms with Crippen molar-refractivity contribution in [3.8, 4) is 11.4 Å². The number of rotatable bonds is 7. The topological polar surface area (TPSA) is 120 Å². The van der Waals surface area contributed by atoms with E-state index in [0.29, 0.717) is 22.2 Å². The van der Waals surface area contributed by atoms with Gasteiger partial charge in [0.2, 0.25) is 15.9 Å². The molecule has 3 aromatic rings. The van der Waals surface area contributed by atoms with Crippen molar-refractivity contribution >= 4 is 33.4 Å². The van der Waals surface area contributed by atoms with Crippen LogP contribution in [-0.4, -0.2) is 34.8 Å². The van der Waals surface area contributed by atoms with Gasteiger partial charge in [-0.1, -0.05) is 23.9 Å². The lowest BCUT2D eigenvalue weighted by Crippen LogP contribution is -2.15. The van der Waals surface area contributed by atoms with Crippen LogP contribution in [0.2, 0.25) is 0 Å². The van der Waals surface area contributed by atoms with Crippen molar-refractivity contribution in [2.45, 2.75) is 28.9 Å². The van der Waals surface area contributed by atoms with Crippen molar-refractivity contribution in [2.75, 3.05) is 11.1 Å². The number of nitrogens with two attached hydrogens (primary N) is 1. The predicted octanol–water partition coefficient (Wildman–Crippen LogP) is 2.80. The van der Waals surface area contributed by atoms with E-state index in [-0.39, 0.29) is 28.4 Å². The Bertz CT molecular complexity index is 1190. The molecule has 0 spiro atoms. The van der Waals surface area contributed by atoms with Crippen molar-refractivity contribution in [1.82, 2.24) is 14.8 Å². The van der Waals surface area contributed by atoms with Crippen molar-refractivity contribution in [3.05, 3.63) is 54.3 Å². The van der Waals surface area contributed by atoms with Gasteiger partial charge in [0, 0.05) is 11.7 Å². The number of nitrogens with zero attached hydrogens (tertiary/aromatic N) is 3. The van der Waals surface area contributed by atoms with Crippen molar-refractivity contribution in [1.29, 1.82) is 0 Å². The molecule has 1 amide bonds. The summed E-state index contributed by atoms with van der Waals surface area (Å²) >= 11 is 1.21. The van der Waals surface area contributed by atoms with Crippen LogP contribution in [0.4, 0.5) is 10.1 Å². The Balaban J connectivity index is 1.45. The number of benzene rings is 2. The fraction of sp³-hybridized carbons (Fsp3) is 0.211. The number of carbonyl (C=O) groups is 1. The summed E-state index contributed by atoms with van der Waals surface area (Å²) in [6, 6.07) is 12.2. The third-order valence-electron chi connectivity index (χ3n) is 4.49. The van der Waals surface area contributed by atoms with Crippen LogP contribution in [0.25, 0.3) is 11.4 Å². The van der Waals surface area contributed by atoms with E-state index in [2.05, 4.69) is 15.5 Å². The van der Waals surface area contributed by atoms with Crippen LogP contribution < -0.4 is 10.5 Å². The van der Waals surface area contributed by atoms with Gasteiger partial charge < -0.3 is 5.32 Å². The standard InChI is InChI=1S/C19H18FN5O3S2/c20-16-4-2-1-3-15(16)18-23-24-19(25(18)13-7-8-13)29-11-17(26)22-12-5-9-14(10-6-12)30(21,27)28/h1-6,9-10,13H,7-8,11H2,(H,22,26)(H2,21,27,28). The summed E-state index contributed by atoms with van der Waals surface area (Å²) in [7, 11) is -3.79. The second kappa shape index (κ2) is 8.17. The van der Waals surface area contributed by atoms with Gasteiger partial charge >= 0.3 is 0 Å². The number of hydrogen-bond donors (Lipinski definition) is 2. The molecule has 2 aromatic carbocycles. The fourth-order valence-corrected chi connectivity index (χ4v) is 4.24. The molecule has 1 heterocycles. The number of aromatic nitrogens is 3. The summed E-state index contributed by atoms with van der Waals surface area (Å²) in [5, 5.41) is 16.6. The molecule has 0 bridgehead atoms. The lowest BCUT2D eigenvalue weighted by atomic mass is 10.2. The molecule has 1 saturated carbocycles. The van der Waals surface area contributed by atoms with Gasteiger partial charge in [0.05, 0.1) is 16.2 Å². The average Bonchev–Trinajstić information content (AvgIpc) is 3.46. The lowest BCUT2D eigenvalue weighted by molar-refractivity contribution is -0.113. The maximum atomic E-state index is 14.2. The van der Waals surface area contributed by atoms with Crippen LogP contribution in [0, 0.1) is 5.82 Å². The quantitative estimate of drug-likeness (QED) is 0.538. The number of halogens is 1. The molecular weight excluding hydrogens is 429 g/mol. The highest BCUT2D eigenvalue weighted by atomic mass is 32.2. The third-order valence-corrected chi connectivity index (χ3v) is 6.36. The summed E-state index contributed by atoms with van der Waals surface area (Å²) in [4.78, 5) is 12.3. The number of thioether (sulfide) groups is 1. The molecular formula is C19H18FN5O3S2. The van der Waals surface area contributed by atoms with Gasteiger partial charge in [-0.2, -0.15) is 0 Å². The second-order valence-electron chi connectivity index (χ2n) is 6.79. The van der Waals surface area contributed by atoms with E-state index in [1.165, 1.54) is 42.1 Å². The summed E-state index contributed by atoms with van der Waals surface area (Å²) in [6.07, 6.45) is 1.91. The highest BCUT2D eigenvalue weighted by molar-refractivity contribution is 7.99. The Labute approximate surface area is 176 Å².